The smallest absolute Gasteiger partial charge is 0.274 e. The van der Waals surface area contributed by atoms with Crippen molar-refractivity contribution in [2.45, 2.75) is 52.0 Å². The highest BCUT2D eigenvalue weighted by atomic mass is 32.1. The van der Waals surface area contributed by atoms with Gasteiger partial charge in [-0.15, -0.1) is 0 Å². The molecule has 2 fully saturated rings. The van der Waals surface area contributed by atoms with Gasteiger partial charge in [0.25, 0.3) is 5.19 Å². The summed E-state index contributed by atoms with van der Waals surface area (Å²) in [7, 11) is 0. The zero-order valence-corrected chi connectivity index (χ0v) is 22.9. The zero-order chi connectivity index (χ0) is 26.0. The Bertz CT molecular complexity index is 1280. The Morgan fingerprint density at radius 2 is 2.00 bits per heavy atom. The molecule has 5 rings (SSSR count). The Hall–Kier alpha value is -3.02. The van der Waals surface area contributed by atoms with Crippen LogP contribution in [0.4, 0.5) is 11.8 Å². The minimum Gasteiger partial charge on any atom is -0.469 e. The lowest BCUT2D eigenvalue weighted by molar-refractivity contribution is 0.0322. The van der Waals surface area contributed by atoms with E-state index in [1.165, 1.54) is 12.8 Å². The molecule has 1 saturated heterocycles. The lowest BCUT2D eigenvalue weighted by Crippen LogP contribution is -2.38. The SMILES string of the molecule is C=C(/C=C/c1nc(OCCN2CCOCC2)sc1C)Nc1nc(NC(C)(C)C)c2[nH]c(C3CC3)nc2n1. The average Bonchev–Trinajstić information content (AvgIpc) is 3.50. The predicted octanol–water partition coefficient (Wildman–Crippen LogP) is 4.56. The van der Waals surface area contributed by atoms with Gasteiger partial charge in [-0.1, -0.05) is 17.9 Å². The van der Waals surface area contributed by atoms with Crippen LogP contribution in [0.1, 0.15) is 55.9 Å². The Labute approximate surface area is 221 Å². The first-order valence-corrected chi connectivity index (χ1v) is 13.7. The lowest BCUT2D eigenvalue weighted by Gasteiger charge is -2.26. The molecule has 0 radical (unpaired) electrons. The van der Waals surface area contributed by atoms with Crippen molar-refractivity contribution in [2.24, 2.45) is 0 Å². The van der Waals surface area contributed by atoms with Gasteiger partial charge in [-0.3, -0.25) is 4.90 Å². The number of nitrogens with one attached hydrogen (secondary N) is 3. The molecular formula is C26H36N8O2S. The molecule has 3 N–H and O–H groups in total. The number of rotatable bonds is 10. The maximum atomic E-state index is 5.91. The van der Waals surface area contributed by atoms with E-state index >= 15 is 0 Å². The van der Waals surface area contributed by atoms with Crippen molar-refractivity contribution in [1.29, 1.82) is 0 Å². The predicted molar refractivity (Wildman–Crippen MR) is 148 cm³/mol. The average molecular weight is 525 g/mol. The fourth-order valence-electron chi connectivity index (χ4n) is 4.02. The number of aryl methyl sites for hydroxylation is 1. The van der Waals surface area contributed by atoms with Gasteiger partial charge in [0.1, 0.15) is 17.9 Å². The summed E-state index contributed by atoms with van der Waals surface area (Å²) in [4.78, 5) is 25.6. The van der Waals surface area contributed by atoms with E-state index in [9.17, 15) is 0 Å². The van der Waals surface area contributed by atoms with Gasteiger partial charge < -0.3 is 25.1 Å². The van der Waals surface area contributed by atoms with E-state index in [4.69, 9.17) is 19.4 Å². The van der Waals surface area contributed by atoms with Gasteiger partial charge in [-0.2, -0.15) is 9.97 Å². The lowest BCUT2D eigenvalue weighted by atomic mass is 10.1. The number of ether oxygens (including phenoxy) is 2. The number of aromatic amines is 1. The minimum absolute atomic E-state index is 0.162. The van der Waals surface area contributed by atoms with Crippen LogP contribution in [-0.2, 0) is 4.74 Å². The Balaban J connectivity index is 1.23. The monoisotopic (exact) mass is 524 g/mol. The first-order chi connectivity index (χ1) is 17.7. The van der Waals surface area contributed by atoms with Gasteiger partial charge in [-0.05, 0) is 52.7 Å². The van der Waals surface area contributed by atoms with Crippen molar-refractivity contribution in [2.75, 3.05) is 50.1 Å². The van der Waals surface area contributed by atoms with Crippen LogP contribution in [0.25, 0.3) is 17.2 Å². The highest BCUT2D eigenvalue weighted by molar-refractivity contribution is 7.13. The second kappa shape index (κ2) is 10.8. The van der Waals surface area contributed by atoms with Gasteiger partial charge in [-0.25, -0.2) is 9.97 Å². The molecule has 198 valence electrons. The van der Waals surface area contributed by atoms with E-state index in [-0.39, 0.29) is 5.54 Å². The molecule has 1 aliphatic carbocycles. The van der Waals surface area contributed by atoms with Crippen molar-refractivity contribution >= 4 is 40.3 Å². The molecule has 0 spiro atoms. The van der Waals surface area contributed by atoms with Crippen LogP contribution in [0.2, 0.25) is 0 Å². The quantitative estimate of drug-likeness (QED) is 0.329. The summed E-state index contributed by atoms with van der Waals surface area (Å²) < 4.78 is 11.3. The molecule has 2 aliphatic rings. The van der Waals surface area contributed by atoms with E-state index < -0.39 is 0 Å². The standard InChI is InChI=1S/C26H36N8O2S/c1-16(6-9-19-17(2)37-25(28-19)36-15-12-34-10-13-35-14-11-34)27-24-31-22-20(23(32-24)33-26(3,4)5)29-21(30-22)18-7-8-18/h6,9,18H,1,7-8,10-15H2,2-5H3,(H3,27,29,30,31,32,33)/b9-6+. The van der Waals surface area contributed by atoms with Crippen molar-refractivity contribution in [3.8, 4) is 5.19 Å². The number of imidazole rings is 1. The molecule has 10 nitrogen and oxygen atoms in total. The molecule has 1 aliphatic heterocycles. The second-order valence-electron chi connectivity index (χ2n) is 10.6. The third-order valence-electron chi connectivity index (χ3n) is 6.09. The Morgan fingerprint density at radius 3 is 2.73 bits per heavy atom. The van der Waals surface area contributed by atoms with Crippen molar-refractivity contribution in [1.82, 2.24) is 29.8 Å². The molecule has 4 heterocycles. The Kier molecular flexibility index (Phi) is 7.45. The fourth-order valence-corrected chi connectivity index (χ4v) is 4.78. The van der Waals surface area contributed by atoms with E-state index in [2.05, 4.69) is 57.8 Å². The highest BCUT2D eigenvalue weighted by Crippen LogP contribution is 2.39. The first-order valence-electron chi connectivity index (χ1n) is 12.8. The first kappa shape index (κ1) is 25.6. The summed E-state index contributed by atoms with van der Waals surface area (Å²) in [6.45, 7) is 17.5. The molecule has 0 unspecified atom stereocenters. The van der Waals surface area contributed by atoms with E-state index in [0.717, 1.165) is 60.6 Å². The minimum atomic E-state index is -0.162. The summed E-state index contributed by atoms with van der Waals surface area (Å²) in [6.07, 6.45) is 6.14. The van der Waals surface area contributed by atoms with E-state index in [1.807, 2.05) is 19.1 Å². The van der Waals surface area contributed by atoms with E-state index in [0.29, 0.717) is 35.0 Å². The van der Waals surface area contributed by atoms with Gasteiger partial charge in [0.05, 0.1) is 18.9 Å². The molecule has 3 aromatic heterocycles. The largest absolute Gasteiger partial charge is 0.469 e. The van der Waals surface area contributed by atoms with Gasteiger partial charge in [0.15, 0.2) is 11.5 Å². The number of aromatic nitrogens is 5. The molecule has 0 bridgehead atoms. The summed E-state index contributed by atoms with van der Waals surface area (Å²) in [5.74, 6) is 2.66. The molecule has 3 aromatic rings. The topological polar surface area (TPSA) is 113 Å². The van der Waals surface area contributed by atoms with Gasteiger partial charge in [0.2, 0.25) is 5.95 Å². The zero-order valence-electron chi connectivity index (χ0n) is 22.1. The van der Waals surface area contributed by atoms with Crippen LogP contribution in [0.15, 0.2) is 18.4 Å². The number of hydrogen-bond donors (Lipinski definition) is 3. The fraction of sp³-hybridized carbons (Fsp3) is 0.538. The summed E-state index contributed by atoms with van der Waals surface area (Å²) in [5.41, 5.74) is 2.84. The van der Waals surface area contributed by atoms with Crippen molar-refractivity contribution < 1.29 is 9.47 Å². The highest BCUT2D eigenvalue weighted by Gasteiger charge is 2.28. The normalized spacial score (nSPS) is 17.0. The number of hydrogen-bond acceptors (Lipinski definition) is 10. The molecule has 37 heavy (non-hydrogen) atoms. The summed E-state index contributed by atoms with van der Waals surface area (Å²) in [6, 6.07) is 0. The number of H-pyrrole nitrogens is 1. The number of allylic oxidation sites excluding steroid dienone is 1. The van der Waals surface area contributed by atoms with Crippen LogP contribution in [0.5, 0.6) is 5.19 Å². The van der Waals surface area contributed by atoms with E-state index in [1.54, 1.807) is 11.3 Å². The van der Waals surface area contributed by atoms with Gasteiger partial charge in [0, 0.05) is 41.7 Å². The molecule has 0 aromatic carbocycles. The number of fused-ring (bicyclic) bond motifs is 1. The van der Waals surface area contributed by atoms with Crippen molar-refractivity contribution in [3.63, 3.8) is 0 Å². The summed E-state index contributed by atoms with van der Waals surface area (Å²) >= 11 is 1.55. The maximum Gasteiger partial charge on any atom is 0.274 e. The molecule has 0 atom stereocenters. The van der Waals surface area contributed by atoms with Crippen LogP contribution >= 0.6 is 11.3 Å². The van der Waals surface area contributed by atoms with Crippen LogP contribution in [0.3, 0.4) is 0 Å². The summed E-state index contributed by atoms with van der Waals surface area (Å²) in [5, 5.41) is 7.37. The molecule has 0 amide bonds. The van der Waals surface area contributed by atoms with Crippen LogP contribution < -0.4 is 15.4 Å². The molecule has 1 saturated carbocycles. The van der Waals surface area contributed by atoms with Gasteiger partial charge >= 0.3 is 0 Å². The number of anilines is 2. The Morgan fingerprint density at radius 1 is 1.22 bits per heavy atom. The van der Waals surface area contributed by atoms with Crippen molar-refractivity contribution in [3.05, 3.63) is 34.7 Å². The molecule has 11 heteroatoms. The molecular weight excluding hydrogens is 488 g/mol. The van der Waals surface area contributed by atoms with Crippen LogP contribution in [0, 0.1) is 6.92 Å². The number of thiazole rings is 1. The third kappa shape index (κ3) is 6.85. The maximum absolute atomic E-state index is 5.91. The second-order valence-corrected chi connectivity index (χ2v) is 11.7. The number of nitrogens with zero attached hydrogens (tertiary/aromatic N) is 5. The number of morpholine rings is 1. The third-order valence-corrected chi connectivity index (χ3v) is 6.99. The van der Waals surface area contributed by atoms with Crippen LogP contribution in [-0.4, -0.2) is 74.8 Å².